The number of amides is 1. The molecule has 1 amide bonds. The zero-order chi connectivity index (χ0) is 13.7. The minimum absolute atomic E-state index is 0.122. The maximum atomic E-state index is 11.9. The Bertz CT molecular complexity index is 569. The van der Waals surface area contributed by atoms with Gasteiger partial charge < -0.3 is 10.1 Å². The number of ether oxygens (including phenoxy) is 1. The third-order valence-corrected chi connectivity index (χ3v) is 3.54. The van der Waals surface area contributed by atoms with Crippen molar-refractivity contribution in [2.45, 2.75) is 6.92 Å². The van der Waals surface area contributed by atoms with Crippen LogP contribution in [0.25, 0.3) is 10.6 Å². The highest BCUT2D eigenvalue weighted by Crippen LogP contribution is 2.25. The second-order valence-corrected chi connectivity index (χ2v) is 4.80. The minimum Gasteiger partial charge on any atom is -0.383 e. The van der Waals surface area contributed by atoms with Crippen LogP contribution in [0.3, 0.4) is 0 Å². The third kappa shape index (κ3) is 3.36. The molecule has 0 bridgehead atoms. The number of carbonyl (C=O) groups excluding carboxylic acids is 1. The van der Waals surface area contributed by atoms with Crippen molar-refractivity contribution in [3.8, 4) is 10.6 Å². The molecule has 100 valence electrons. The van der Waals surface area contributed by atoms with E-state index in [1.54, 1.807) is 30.9 Å². The van der Waals surface area contributed by atoms with E-state index in [-0.39, 0.29) is 5.91 Å². The summed E-state index contributed by atoms with van der Waals surface area (Å²) in [5.41, 5.74) is 4.07. The van der Waals surface area contributed by atoms with Gasteiger partial charge >= 0.3 is 0 Å². The van der Waals surface area contributed by atoms with Gasteiger partial charge in [-0.25, -0.2) is 4.98 Å². The summed E-state index contributed by atoms with van der Waals surface area (Å²) in [6, 6.07) is 3.48. The van der Waals surface area contributed by atoms with Crippen LogP contribution in [0.2, 0.25) is 0 Å². The zero-order valence-electron chi connectivity index (χ0n) is 10.8. The Kier molecular flexibility index (Phi) is 4.59. The number of nitrogens with zero attached hydrogens (tertiary/aromatic N) is 2. The van der Waals surface area contributed by atoms with Crippen molar-refractivity contribution in [2.24, 2.45) is 0 Å². The summed E-state index contributed by atoms with van der Waals surface area (Å²) >= 11 is 1.52. The van der Waals surface area contributed by atoms with Crippen molar-refractivity contribution in [3.05, 3.63) is 35.1 Å². The highest BCUT2D eigenvalue weighted by atomic mass is 32.1. The van der Waals surface area contributed by atoms with Gasteiger partial charge in [0.15, 0.2) is 0 Å². The highest BCUT2D eigenvalue weighted by Gasteiger charge is 2.10. The lowest BCUT2D eigenvalue weighted by molar-refractivity contribution is 0.0937. The van der Waals surface area contributed by atoms with Crippen molar-refractivity contribution in [1.29, 1.82) is 0 Å². The van der Waals surface area contributed by atoms with Crippen molar-refractivity contribution in [2.75, 3.05) is 20.3 Å². The first-order valence-corrected chi connectivity index (χ1v) is 6.74. The summed E-state index contributed by atoms with van der Waals surface area (Å²) in [7, 11) is 1.60. The molecule has 0 radical (unpaired) electrons. The van der Waals surface area contributed by atoms with Gasteiger partial charge in [-0.1, -0.05) is 0 Å². The molecule has 0 aliphatic heterocycles. The average Bonchev–Trinajstić information content (AvgIpc) is 2.85. The van der Waals surface area contributed by atoms with E-state index < -0.39 is 0 Å². The van der Waals surface area contributed by atoms with Gasteiger partial charge in [-0.2, -0.15) is 0 Å². The molecule has 5 nitrogen and oxygen atoms in total. The summed E-state index contributed by atoms with van der Waals surface area (Å²) in [5.74, 6) is -0.122. The number of aromatic nitrogens is 2. The maximum Gasteiger partial charge on any atom is 0.251 e. The van der Waals surface area contributed by atoms with Crippen molar-refractivity contribution < 1.29 is 9.53 Å². The lowest BCUT2D eigenvalue weighted by Gasteiger charge is -2.05. The van der Waals surface area contributed by atoms with Crippen LogP contribution < -0.4 is 5.32 Å². The molecule has 2 heterocycles. The Balaban J connectivity index is 2.16. The van der Waals surface area contributed by atoms with Crippen LogP contribution in [0.1, 0.15) is 16.1 Å². The lowest BCUT2D eigenvalue weighted by atomic mass is 10.2. The zero-order valence-corrected chi connectivity index (χ0v) is 11.7. The van der Waals surface area contributed by atoms with E-state index in [2.05, 4.69) is 15.3 Å². The minimum atomic E-state index is -0.122. The maximum absolute atomic E-state index is 11.9. The fourth-order valence-corrected chi connectivity index (χ4v) is 2.38. The monoisotopic (exact) mass is 277 g/mol. The first-order valence-electron chi connectivity index (χ1n) is 5.86. The van der Waals surface area contributed by atoms with Gasteiger partial charge in [-0.3, -0.25) is 9.78 Å². The van der Waals surface area contributed by atoms with Gasteiger partial charge in [0.2, 0.25) is 0 Å². The number of aryl methyl sites for hydroxylation is 1. The molecule has 2 aromatic heterocycles. The molecular formula is C13H15N3O2S. The van der Waals surface area contributed by atoms with Crippen LogP contribution in [0.5, 0.6) is 0 Å². The van der Waals surface area contributed by atoms with Crippen LogP contribution in [-0.2, 0) is 4.74 Å². The standard InChI is InChI=1S/C13H15N3O2S/c1-9-12(19-8-16-9)11-7-10(3-4-14-11)13(17)15-5-6-18-2/h3-4,7-8H,5-6H2,1-2H3,(H,15,17). The average molecular weight is 277 g/mol. The van der Waals surface area contributed by atoms with Gasteiger partial charge in [-0.05, 0) is 19.1 Å². The van der Waals surface area contributed by atoms with Gasteiger partial charge in [0.1, 0.15) is 0 Å². The molecule has 19 heavy (non-hydrogen) atoms. The molecule has 0 saturated carbocycles. The smallest absolute Gasteiger partial charge is 0.251 e. The largest absolute Gasteiger partial charge is 0.383 e. The number of nitrogens with one attached hydrogen (secondary N) is 1. The van der Waals surface area contributed by atoms with E-state index in [1.807, 2.05) is 6.92 Å². The Morgan fingerprint density at radius 2 is 2.32 bits per heavy atom. The highest BCUT2D eigenvalue weighted by molar-refractivity contribution is 7.13. The third-order valence-electron chi connectivity index (χ3n) is 2.59. The quantitative estimate of drug-likeness (QED) is 0.848. The molecular weight excluding hydrogens is 262 g/mol. The predicted molar refractivity (Wildman–Crippen MR) is 74.3 cm³/mol. The number of carbonyl (C=O) groups is 1. The van der Waals surface area contributed by atoms with E-state index in [1.165, 1.54) is 11.3 Å². The Labute approximate surface area is 115 Å². The van der Waals surface area contributed by atoms with Crippen molar-refractivity contribution >= 4 is 17.2 Å². The molecule has 0 atom stereocenters. The van der Waals surface area contributed by atoms with Crippen LogP contribution in [0.15, 0.2) is 23.8 Å². The molecule has 0 aliphatic carbocycles. The number of rotatable bonds is 5. The van der Waals surface area contributed by atoms with Gasteiger partial charge in [0.25, 0.3) is 5.91 Å². The van der Waals surface area contributed by atoms with E-state index >= 15 is 0 Å². The number of pyridine rings is 1. The summed E-state index contributed by atoms with van der Waals surface area (Å²) in [5, 5.41) is 2.78. The van der Waals surface area contributed by atoms with Crippen LogP contribution in [-0.4, -0.2) is 36.1 Å². The number of hydrogen-bond acceptors (Lipinski definition) is 5. The first kappa shape index (κ1) is 13.6. The fraction of sp³-hybridized carbons (Fsp3) is 0.308. The normalized spacial score (nSPS) is 10.4. The fourth-order valence-electron chi connectivity index (χ4n) is 1.61. The summed E-state index contributed by atoms with van der Waals surface area (Å²) in [4.78, 5) is 21.4. The van der Waals surface area contributed by atoms with Gasteiger partial charge in [0.05, 0.1) is 28.4 Å². The van der Waals surface area contributed by atoms with Crippen LogP contribution >= 0.6 is 11.3 Å². The molecule has 2 aromatic rings. The molecule has 6 heteroatoms. The summed E-state index contributed by atoms with van der Waals surface area (Å²) in [6.07, 6.45) is 1.64. The number of hydrogen-bond donors (Lipinski definition) is 1. The van der Waals surface area contributed by atoms with Gasteiger partial charge in [0, 0.05) is 25.4 Å². The molecule has 0 spiro atoms. The van der Waals surface area contributed by atoms with Crippen molar-refractivity contribution in [3.63, 3.8) is 0 Å². The van der Waals surface area contributed by atoms with E-state index in [0.717, 1.165) is 16.3 Å². The molecule has 0 aliphatic rings. The molecule has 2 rings (SSSR count). The SMILES string of the molecule is COCCNC(=O)c1ccnc(-c2scnc2C)c1. The molecule has 0 fully saturated rings. The topological polar surface area (TPSA) is 64.1 Å². The predicted octanol–water partition coefficient (Wildman–Crippen LogP) is 1.89. The van der Waals surface area contributed by atoms with Crippen LogP contribution in [0.4, 0.5) is 0 Å². The summed E-state index contributed by atoms with van der Waals surface area (Å²) in [6.45, 7) is 2.92. The van der Waals surface area contributed by atoms with E-state index in [0.29, 0.717) is 18.7 Å². The second kappa shape index (κ2) is 6.40. The molecule has 0 aromatic carbocycles. The van der Waals surface area contributed by atoms with Crippen molar-refractivity contribution in [1.82, 2.24) is 15.3 Å². The Morgan fingerprint density at radius 3 is 3.00 bits per heavy atom. The van der Waals surface area contributed by atoms with E-state index in [4.69, 9.17) is 4.74 Å². The molecule has 0 saturated heterocycles. The number of methoxy groups -OCH3 is 1. The first-order chi connectivity index (χ1) is 9.22. The lowest BCUT2D eigenvalue weighted by Crippen LogP contribution is -2.26. The van der Waals surface area contributed by atoms with Gasteiger partial charge in [-0.15, -0.1) is 11.3 Å². The molecule has 0 unspecified atom stereocenters. The Hall–Kier alpha value is -1.79. The molecule has 1 N–H and O–H groups in total. The number of thiazole rings is 1. The van der Waals surface area contributed by atoms with E-state index in [9.17, 15) is 4.79 Å². The summed E-state index contributed by atoms with van der Waals surface area (Å²) < 4.78 is 4.89. The Morgan fingerprint density at radius 1 is 1.47 bits per heavy atom. The van der Waals surface area contributed by atoms with Crippen LogP contribution in [0, 0.1) is 6.92 Å². The second-order valence-electron chi connectivity index (χ2n) is 3.95.